The van der Waals surface area contributed by atoms with Gasteiger partial charge < -0.3 is 4.74 Å². The van der Waals surface area contributed by atoms with E-state index in [0.717, 1.165) is 30.4 Å². The minimum atomic E-state index is -0.270. The molecule has 0 amide bonds. The smallest absolute Gasteiger partial charge is 0.133 e. The van der Waals surface area contributed by atoms with Crippen LogP contribution in [0.1, 0.15) is 25.3 Å². The van der Waals surface area contributed by atoms with Crippen LogP contribution in [0.2, 0.25) is 0 Å². The van der Waals surface area contributed by atoms with Crippen LogP contribution in [-0.2, 0) is 11.2 Å². The Kier molecular flexibility index (Phi) is 4.46. The van der Waals surface area contributed by atoms with E-state index in [1.807, 2.05) is 12.1 Å². The number of halogens is 1. The number of carbonyl (C=O) groups excluding carboxylic acids is 1. The van der Waals surface area contributed by atoms with E-state index < -0.39 is 0 Å². The molecular formula is C20H21FO2. The second-order valence-corrected chi connectivity index (χ2v) is 6.29. The minimum absolute atomic E-state index is 0.270. The van der Waals surface area contributed by atoms with Crippen molar-refractivity contribution in [2.45, 2.75) is 26.2 Å². The first-order chi connectivity index (χ1) is 11.1. The summed E-state index contributed by atoms with van der Waals surface area (Å²) in [7, 11) is 1.59. The second-order valence-electron chi connectivity index (χ2n) is 6.29. The normalized spacial score (nSPS) is 19.4. The number of carbonyl (C=O) groups is 1. The summed E-state index contributed by atoms with van der Waals surface area (Å²) in [5, 5.41) is 0. The Balaban J connectivity index is 1.68. The Morgan fingerprint density at radius 3 is 2.57 bits per heavy atom. The van der Waals surface area contributed by atoms with Crippen molar-refractivity contribution in [2.24, 2.45) is 11.8 Å². The lowest BCUT2D eigenvalue weighted by atomic mass is 10.00. The van der Waals surface area contributed by atoms with Crippen LogP contribution in [0.25, 0.3) is 11.1 Å². The van der Waals surface area contributed by atoms with Crippen LogP contribution in [0.4, 0.5) is 4.39 Å². The maximum Gasteiger partial charge on any atom is 0.133 e. The van der Waals surface area contributed by atoms with Crippen molar-refractivity contribution < 1.29 is 13.9 Å². The molecule has 3 rings (SSSR count). The van der Waals surface area contributed by atoms with Crippen LogP contribution < -0.4 is 4.74 Å². The third-order valence-corrected chi connectivity index (χ3v) is 4.68. The summed E-state index contributed by atoms with van der Waals surface area (Å²) in [6, 6.07) is 12.7. The molecule has 0 spiro atoms. The molecule has 0 saturated heterocycles. The minimum Gasteiger partial charge on any atom is -0.496 e. The molecule has 0 bridgehead atoms. The van der Waals surface area contributed by atoms with Gasteiger partial charge in [-0.1, -0.05) is 24.3 Å². The van der Waals surface area contributed by atoms with Crippen LogP contribution in [0.3, 0.4) is 0 Å². The zero-order chi connectivity index (χ0) is 16.4. The Morgan fingerprint density at radius 2 is 1.96 bits per heavy atom. The number of methoxy groups -OCH3 is 1. The van der Waals surface area contributed by atoms with Gasteiger partial charge in [0.2, 0.25) is 0 Å². The molecule has 3 heteroatoms. The Hall–Kier alpha value is -2.16. The van der Waals surface area contributed by atoms with Crippen LogP contribution in [-0.4, -0.2) is 12.9 Å². The van der Waals surface area contributed by atoms with Crippen LogP contribution in [0.5, 0.6) is 5.75 Å². The third-order valence-electron chi connectivity index (χ3n) is 4.68. The van der Waals surface area contributed by atoms with E-state index in [-0.39, 0.29) is 5.82 Å². The Bertz CT molecular complexity index is 706. The number of ketones is 1. The van der Waals surface area contributed by atoms with Gasteiger partial charge in [-0.3, -0.25) is 4.79 Å². The fourth-order valence-corrected chi connectivity index (χ4v) is 3.17. The van der Waals surface area contributed by atoms with Gasteiger partial charge in [0.05, 0.1) is 7.11 Å². The van der Waals surface area contributed by atoms with Crippen molar-refractivity contribution in [3.63, 3.8) is 0 Å². The van der Waals surface area contributed by atoms with Crippen molar-refractivity contribution in [1.82, 2.24) is 0 Å². The van der Waals surface area contributed by atoms with Gasteiger partial charge in [0, 0.05) is 11.5 Å². The molecule has 1 aliphatic carbocycles. The number of rotatable bonds is 6. The summed E-state index contributed by atoms with van der Waals surface area (Å²) in [4.78, 5) is 11.3. The predicted molar refractivity (Wildman–Crippen MR) is 89.0 cm³/mol. The first-order valence-electron chi connectivity index (χ1n) is 8.02. The molecule has 23 heavy (non-hydrogen) atoms. The quantitative estimate of drug-likeness (QED) is 0.775. The number of benzene rings is 2. The van der Waals surface area contributed by atoms with Gasteiger partial charge in [0.1, 0.15) is 17.3 Å². The zero-order valence-corrected chi connectivity index (χ0v) is 13.5. The molecule has 2 aromatic rings. The van der Waals surface area contributed by atoms with Gasteiger partial charge in [-0.2, -0.15) is 0 Å². The molecule has 2 atom stereocenters. The predicted octanol–water partition coefficient (Wildman–Crippen LogP) is 4.66. The highest BCUT2D eigenvalue weighted by atomic mass is 19.1. The van der Waals surface area contributed by atoms with E-state index in [1.54, 1.807) is 20.1 Å². The van der Waals surface area contributed by atoms with Crippen molar-refractivity contribution in [3.05, 3.63) is 53.8 Å². The molecule has 2 aromatic carbocycles. The van der Waals surface area contributed by atoms with Gasteiger partial charge in [-0.05, 0) is 61.4 Å². The summed E-state index contributed by atoms with van der Waals surface area (Å²) in [5.74, 6) is 1.58. The molecule has 1 fully saturated rings. The van der Waals surface area contributed by atoms with Crippen molar-refractivity contribution in [2.75, 3.05) is 7.11 Å². The number of Topliss-reactive ketones (excluding diaryl/α,β-unsaturated/α-hetero) is 1. The highest BCUT2D eigenvalue weighted by molar-refractivity contribution is 5.81. The summed E-state index contributed by atoms with van der Waals surface area (Å²) >= 11 is 0. The van der Waals surface area contributed by atoms with E-state index in [1.165, 1.54) is 17.7 Å². The molecule has 120 valence electrons. The Labute approximate surface area is 136 Å². The van der Waals surface area contributed by atoms with Gasteiger partial charge in [0.25, 0.3) is 0 Å². The fraction of sp³-hybridized carbons (Fsp3) is 0.350. The standard InChI is InChI=1S/C20H21FO2/c1-13(22)18-11-16(18)8-5-14-3-6-15(7-4-14)19-12-17(21)9-10-20(19)23-2/h3-4,6-7,9-10,12,16,18H,5,8,11H2,1-2H3. The summed E-state index contributed by atoms with van der Waals surface area (Å²) in [6.07, 6.45) is 3.09. The van der Waals surface area contributed by atoms with E-state index >= 15 is 0 Å². The molecular weight excluding hydrogens is 291 g/mol. The average Bonchev–Trinajstić information content (AvgIpc) is 3.33. The first-order valence-corrected chi connectivity index (χ1v) is 8.02. The van der Waals surface area contributed by atoms with Gasteiger partial charge in [-0.25, -0.2) is 4.39 Å². The largest absolute Gasteiger partial charge is 0.496 e. The third kappa shape index (κ3) is 3.61. The fourth-order valence-electron chi connectivity index (χ4n) is 3.17. The molecule has 0 N–H and O–H groups in total. The highest BCUT2D eigenvalue weighted by Crippen LogP contribution is 2.42. The van der Waals surface area contributed by atoms with Crippen LogP contribution >= 0.6 is 0 Å². The highest BCUT2D eigenvalue weighted by Gasteiger charge is 2.39. The zero-order valence-electron chi connectivity index (χ0n) is 13.5. The lowest BCUT2D eigenvalue weighted by Crippen LogP contribution is -1.96. The molecule has 0 aromatic heterocycles. The van der Waals surface area contributed by atoms with E-state index in [2.05, 4.69) is 12.1 Å². The molecule has 1 saturated carbocycles. The number of ether oxygens (including phenoxy) is 1. The van der Waals surface area contributed by atoms with Gasteiger partial charge in [0.15, 0.2) is 0 Å². The van der Waals surface area contributed by atoms with Crippen molar-refractivity contribution >= 4 is 5.78 Å². The second kappa shape index (κ2) is 6.53. The van der Waals surface area contributed by atoms with E-state index in [0.29, 0.717) is 23.4 Å². The van der Waals surface area contributed by atoms with Crippen LogP contribution in [0, 0.1) is 17.7 Å². The number of hydrogen-bond acceptors (Lipinski definition) is 2. The summed E-state index contributed by atoms with van der Waals surface area (Å²) in [6.45, 7) is 1.69. The molecule has 2 nitrogen and oxygen atoms in total. The van der Waals surface area contributed by atoms with Crippen LogP contribution in [0.15, 0.2) is 42.5 Å². The van der Waals surface area contributed by atoms with E-state index in [9.17, 15) is 9.18 Å². The number of aryl methyl sites for hydroxylation is 1. The molecule has 1 aliphatic rings. The topological polar surface area (TPSA) is 26.3 Å². The Morgan fingerprint density at radius 1 is 1.22 bits per heavy atom. The SMILES string of the molecule is COc1ccc(F)cc1-c1ccc(CCC2CC2C(C)=O)cc1. The van der Waals surface area contributed by atoms with E-state index in [4.69, 9.17) is 4.74 Å². The average molecular weight is 312 g/mol. The molecule has 0 aliphatic heterocycles. The first kappa shape index (κ1) is 15.7. The molecule has 0 heterocycles. The maximum absolute atomic E-state index is 13.5. The maximum atomic E-state index is 13.5. The van der Waals surface area contributed by atoms with Crippen molar-refractivity contribution in [3.8, 4) is 16.9 Å². The van der Waals surface area contributed by atoms with Gasteiger partial charge >= 0.3 is 0 Å². The summed E-state index contributed by atoms with van der Waals surface area (Å²) < 4.78 is 18.8. The van der Waals surface area contributed by atoms with Crippen molar-refractivity contribution in [1.29, 1.82) is 0 Å². The lowest BCUT2D eigenvalue weighted by Gasteiger charge is -2.09. The monoisotopic (exact) mass is 312 g/mol. The van der Waals surface area contributed by atoms with Gasteiger partial charge in [-0.15, -0.1) is 0 Å². The lowest BCUT2D eigenvalue weighted by molar-refractivity contribution is -0.118. The molecule has 2 unspecified atom stereocenters. The number of hydrogen-bond donors (Lipinski definition) is 0. The molecule has 0 radical (unpaired) electrons. The summed E-state index contributed by atoms with van der Waals surface area (Å²) in [5.41, 5.74) is 2.95.